The molecular weight excluding hydrogens is 211 g/mol. The summed E-state index contributed by atoms with van der Waals surface area (Å²) in [6.45, 7) is 0. The molecule has 0 unspecified atom stereocenters. The summed E-state index contributed by atoms with van der Waals surface area (Å²) in [5.41, 5.74) is 0. The minimum absolute atomic E-state index is 0. The molecule has 0 nitrogen and oxygen atoms in total. The van der Waals surface area contributed by atoms with Gasteiger partial charge in [0.2, 0.25) is 0 Å². The molecular formula is HCl3Na2Ni. The molecule has 6 heteroatoms. The quantitative estimate of drug-likeness (QED) is 0.350. The zero-order valence-corrected chi connectivity index (χ0v) is 10.7. The van der Waals surface area contributed by atoms with Crippen LogP contribution in [0.3, 0.4) is 0 Å². The Morgan fingerprint density at radius 1 is 0.667 bits per heavy atom. The van der Waals surface area contributed by atoms with E-state index in [0.717, 1.165) is 0 Å². The minimum Gasteiger partial charge on any atom is -1.00 e. The number of rotatable bonds is 0. The first kappa shape index (κ1) is 57.9. The zero-order chi connectivity index (χ0) is 0. The molecule has 0 amide bonds. The van der Waals surface area contributed by atoms with Crippen molar-refractivity contribution in [3.63, 3.8) is 0 Å². The van der Waals surface area contributed by atoms with Gasteiger partial charge in [-0.25, -0.2) is 0 Å². The molecule has 0 N–H and O–H groups in total. The van der Waals surface area contributed by atoms with E-state index in [4.69, 9.17) is 0 Å². The molecule has 0 aliphatic rings. The first-order valence-corrected chi connectivity index (χ1v) is 0. The zero-order valence-electron chi connectivity index (χ0n) is 4.45. The fourth-order valence-electron chi connectivity index (χ4n) is 0. The van der Waals surface area contributed by atoms with E-state index in [2.05, 4.69) is 0 Å². The summed E-state index contributed by atoms with van der Waals surface area (Å²) in [5, 5.41) is 0. The molecule has 0 saturated carbocycles. The third-order valence-electron chi connectivity index (χ3n) is 0. The second kappa shape index (κ2) is 40.1. The molecule has 6 heavy (non-hydrogen) atoms. The smallest absolute Gasteiger partial charge is 1.00 e. The molecule has 0 rings (SSSR count). The fourth-order valence-corrected chi connectivity index (χ4v) is 0. The minimum atomic E-state index is 0. The SMILES string of the molecule is [Cl-].[Cl-].[Cl-].[H-].[Na+].[Na+].[Ni+2]. The van der Waals surface area contributed by atoms with Crippen LogP contribution in [-0.2, 0) is 16.5 Å². The van der Waals surface area contributed by atoms with Crippen LogP contribution in [0.25, 0.3) is 0 Å². The molecule has 0 bridgehead atoms. The molecule has 0 spiro atoms. The first-order chi connectivity index (χ1) is 0. The summed E-state index contributed by atoms with van der Waals surface area (Å²) in [7, 11) is 0. The van der Waals surface area contributed by atoms with Crippen molar-refractivity contribution in [1.29, 1.82) is 0 Å². The summed E-state index contributed by atoms with van der Waals surface area (Å²) in [6, 6.07) is 0. The van der Waals surface area contributed by atoms with Gasteiger partial charge in [0.15, 0.2) is 0 Å². The molecule has 0 aromatic rings. The van der Waals surface area contributed by atoms with Crippen LogP contribution >= 0.6 is 0 Å². The average molecular weight is 212 g/mol. The van der Waals surface area contributed by atoms with Crippen LogP contribution < -0.4 is 96.3 Å². The van der Waals surface area contributed by atoms with Gasteiger partial charge < -0.3 is 38.6 Å². The monoisotopic (exact) mass is 210 g/mol. The van der Waals surface area contributed by atoms with E-state index in [1.165, 1.54) is 0 Å². The summed E-state index contributed by atoms with van der Waals surface area (Å²) < 4.78 is 0. The van der Waals surface area contributed by atoms with E-state index in [0.29, 0.717) is 0 Å². The van der Waals surface area contributed by atoms with Crippen LogP contribution in [0, 0.1) is 0 Å². The Kier molecular flexibility index (Phi) is 387. The van der Waals surface area contributed by atoms with Crippen LogP contribution in [0.15, 0.2) is 0 Å². The molecule has 0 aromatic carbocycles. The van der Waals surface area contributed by atoms with Crippen molar-refractivity contribution in [2.75, 3.05) is 0 Å². The predicted molar refractivity (Wildman–Crippen MR) is 1.11 cm³/mol. The largest absolute Gasteiger partial charge is 2.00 e. The Hall–Kier alpha value is 3.36. The van der Waals surface area contributed by atoms with E-state index < -0.39 is 0 Å². The average Bonchev–Trinajstić information content (AvgIpc) is 0. The van der Waals surface area contributed by atoms with Gasteiger partial charge >= 0.3 is 75.6 Å². The predicted octanol–water partition coefficient (Wildman–Crippen LogP) is -14.9. The van der Waals surface area contributed by atoms with E-state index in [1.807, 2.05) is 0 Å². The fraction of sp³-hybridized carbons (Fsp3) is 0. The van der Waals surface area contributed by atoms with Gasteiger partial charge in [-0.3, -0.25) is 0 Å². The first-order valence-electron chi connectivity index (χ1n) is 0. The van der Waals surface area contributed by atoms with Crippen molar-refractivity contribution in [2.45, 2.75) is 0 Å². The number of hydrogen-bond acceptors (Lipinski definition) is 0. The van der Waals surface area contributed by atoms with Crippen molar-refractivity contribution in [3.05, 3.63) is 0 Å². The number of halogens is 3. The molecule has 34 valence electrons. The molecule has 0 heterocycles. The van der Waals surface area contributed by atoms with Gasteiger partial charge in [-0.2, -0.15) is 0 Å². The summed E-state index contributed by atoms with van der Waals surface area (Å²) in [4.78, 5) is 0. The van der Waals surface area contributed by atoms with Gasteiger partial charge in [-0.05, 0) is 0 Å². The normalized spacial score (nSPS) is 0. The van der Waals surface area contributed by atoms with Gasteiger partial charge in [-0.15, -0.1) is 0 Å². The van der Waals surface area contributed by atoms with Crippen molar-refractivity contribution >= 4 is 0 Å². The molecule has 0 radical (unpaired) electrons. The second-order valence-electron chi connectivity index (χ2n) is 0. The molecule has 0 aliphatic heterocycles. The molecule has 0 fully saturated rings. The third kappa shape index (κ3) is 26.4. The Morgan fingerprint density at radius 3 is 0.667 bits per heavy atom. The van der Waals surface area contributed by atoms with Gasteiger partial charge in [0.05, 0.1) is 0 Å². The van der Waals surface area contributed by atoms with Crippen LogP contribution in [0.4, 0.5) is 0 Å². The van der Waals surface area contributed by atoms with E-state index in [9.17, 15) is 0 Å². The van der Waals surface area contributed by atoms with Crippen molar-refractivity contribution < 1.29 is 114 Å². The van der Waals surface area contributed by atoms with Gasteiger partial charge in [0.25, 0.3) is 0 Å². The maximum atomic E-state index is 0. The molecule has 0 atom stereocenters. The summed E-state index contributed by atoms with van der Waals surface area (Å²) in [5.74, 6) is 0. The van der Waals surface area contributed by atoms with E-state index in [1.54, 1.807) is 0 Å². The van der Waals surface area contributed by atoms with E-state index in [-0.39, 0.29) is 114 Å². The summed E-state index contributed by atoms with van der Waals surface area (Å²) in [6.07, 6.45) is 0. The van der Waals surface area contributed by atoms with Gasteiger partial charge in [0, 0.05) is 0 Å². The maximum Gasteiger partial charge on any atom is 2.00 e. The topological polar surface area (TPSA) is 0 Å². The van der Waals surface area contributed by atoms with E-state index >= 15 is 0 Å². The van der Waals surface area contributed by atoms with Crippen LogP contribution in [0.2, 0.25) is 0 Å². The maximum absolute atomic E-state index is 0. The second-order valence-corrected chi connectivity index (χ2v) is 0. The van der Waals surface area contributed by atoms with Crippen molar-refractivity contribution in [1.82, 2.24) is 0 Å². The molecule has 0 aliphatic carbocycles. The Bertz CT molecular complexity index is 12.9. The van der Waals surface area contributed by atoms with Gasteiger partial charge in [-0.1, -0.05) is 0 Å². The van der Waals surface area contributed by atoms with Gasteiger partial charge in [0.1, 0.15) is 0 Å². The Balaban J connectivity index is 0. The molecule has 0 aromatic heterocycles. The van der Waals surface area contributed by atoms with Crippen LogP contribution in [0.1, 0.15) is 1.43 Å². The Morgan fingerprint density at radius 2 is 0.667 bits per heavy atom. The number of hydrogen-bond donors (Lipinski definition) is 0. The molecule has 0 saturated heterocycles. The van der Waals surface area contributed by atoms with Crippen LogP contribution in [0.5, 0.6) is 0 Å². The van der Waals surface area contributed by atoms with Crippen LogP contribution in [-0.4, -0.2) is 0 Å². The van der Waals surface area contributed by atoms with Crippen molar-refractivity contribution in [2.24, 2.45) is 0 Å². The standard InChI is InChI=1S/3ClH.2Na.Ni.H/h3*1H;;;;/q;;;2*+1;+2;-1/p-3. The third-order valence-corrected chi connectivity index (χ3v) is 0. The Labute approximate surface area is 112 Å². The van der Waals surface area contributed by atoms with Crippen molar-refractivity contribution in [3.8, 4) is 0 Å². The summed E-state index contributed by atoms with van der Waals surface area (Å²) >= 11 is 0.